The molecule has 0 bridgehead atoms. The third-order valence-electron chi connectivity index (χ3n) is 7.26. The number of hydrogen-bond donors (Lipinski definition) is 1. The summed E-state index contributed by atoms with van der Waals surface area (Å²) in [5.74, 6) is 2.14. The average molecular weight is 549 g/mol. The average Bonchev–Trinajstić information content (AvgIpc) is 2.90. The number of carbonyl (C=O) groups excluding carboxylic acids is 1. The Hall–Kier alpha value is -2.78. The van der Waals surface area contributed by atoms with E-state index in [1.807, 2.05) is 30.0 Å². The smallest absolute Gasteiger partial charge is 0.230 e. The molecule has 2 aliphatic rings. The van der Waals surface area contributed by atoms with Crippen LogP contribution in [0.3, 0.4) is 0 Å². The monoisotopic (exact) mass is 548 g/mol. The number of carbonyl (C=O) groups is 1. The molecular weight excluding hydrogens is 511 g/mol. The molecule has 0 saturated carbocycles. The first kappa shape index (κ1) is 27.8. The molecule has 0 radical (unpaired) electrons. The molecule has 1 aromatic heterocycles. The van der Waals surface area contributed by atoms with Gasteiger partial charge in [0.15, 0.2) is 5.78 Å². The molecule has 1 N–H and O–H groups in total. The molecular formula is C31H37FN4O2S. The summed E-state index contributed by atoms with van der Waals surface area (Å²) in [6.07, 6.45) is 1.07. The second kappa shape index (κ2) is 12.6. The summed E-state index contributed by atoms with van der Waals surface area (Å²) in [7, 11) is 0. The topological polar surface area (TPSA) is 57.7 Å². The zero-order valence-corrected chi connectivity index (χ0v) is 23.8. The van der Waals surface area contributed by atoms with Crippen LogP contribution in [-0.4, -0.2) is 70.3 Å². The highest BCUT2D eigenvalue weighted by Crippen LogP contribution is 2.32. The van der Waals surface area contributed by atoms with Crippen molar-refractivity contribution in [3.05, 3.63) is 77.2 Å². The lowest BCUT2D eigenvalue weighted by Gasteiger charge is -2.36. The number of nitrogens with one attached hydrogen (secondary N) is 1. The van der Waals surface area contributed by atoms with E-state index in [-0.39, 0.29) is 17.2 Å². The number of hydrogen-bond acceptors (Lipinski definition) is 7. The van der Waals surface area contributed by atoms with Crippen molar-refractivity contribution < 1.29 is 13.9 Å². The van der Waals surface area contributed by atoms with E-state index in [1.165, 1.54) is 29.7 Å². The number of pyridine rings is 1. The summed E-state index contributed by atoms with van der Waals surface area (Å²) in [5, 5.41) is 3.62. The van der Waals surface area contributed by atoms with E-state index in [0.29, 0.717) is 17.8 Å². The van der Waals surface area contributed by atoms with Crippen LogP contribution in [0.2, 0.25) is 0 Å². The Morgan fingerprint density at radius 3 is 2.56 bits per heavy atom. The Kier molecular flexibility index (Phi) is 8.97. The summed E-state index contributed by atoms with van der Waals surface area (Å²) >= 11 is 2.02. The lowest BCUT2D eigenvalue weighted by Crippen LogP contribution is -2.53. The van der Waals surface area contributed by atoms with Gasteiger partial charge >= 0.3 is 0 Å². The summed E-state index contributed by atoms with van der Waals surface area (Å²) in [4.78, 5) is 21.2. The van der Waals surface area contributed by atoms with Crippen molar-refractivity contribution in [3.63, 3.8) is 0 Å². The van der Waals surface area contributed by atoms with Crippen LogP contribution < -0.4 is 10.1 Å². The van der Waals surface area contributed by atoms with Gasteiger partial charge in [0.1, 0.15) is 11.6 Å². The molecule has 6 nitrogen and oxygen atoms in total. The fraction of sp³-hybridized carbons (Fsp3) is 0.419. The molecule has 1 unspecified atom stereocenters. The lowest BCUT2D eigenvalue weighted by atomic mass is 9.96. The van der Waals surface area contributed by atoms with Gasteiger partial charge in [-0.05, 0) is 61.2 Å². The Morgan fingerprint density at radius 2 is 1.82 bits per heavy atom. The number of piperazine rings is 1. The summed E-state index contributed by atoms with van der Waals surface area (Å²) in [6.45, 7) is 12.0. The van der Waals surface area contributed by atoms with Gasteiger partial charge in [-0.25, -0.2) is 9.37 Å². The van der Waals surface area contributed by atoms with Crippen molar-refractivity contribution >= 4 is 17.5 Å². The quantitative estimate of drug-likeness (QED) is 0.367. The van der Waals surface area contributed by atoms with Crippen LogP contribution in [0.4, 0.5) is 4.39 Å². The fourth-order valence-electron chi connectivity index (χ4n) is 5.58. The number of Topliss-reactive ketones (excluding diaryl/α,β-unsaturated/α-hetero) is 1. The maximum absolute atomic E-state index is 13.7. The van der Waals surface area contributed by atoms with Gasteiger partial charge in [-0.1, -0.05) is 30.3 Å². The molecule has 2 fully saturated rings. The maximum Gasteiger partial charge on any atom is 0.230 e. The Morgan fingerprint density at radius 1 is 1.05 bits per heavy atom. The van der Waals surface area contributed by atoms with Gasteiger partial charge in [-0.2, -0.15) is 11.8 Å². The summed E-state index contributed by atoms with van der Waals surface area (Å²) in [5.41, 5.74) is 4.97. The van der Waals surface area contributed by atoms with Gasteiger partial charge in [-0.15, -0.1) is 0 Å². The van der Waals surface area contributed by atoms with E-state index in [0.717, 1.165) is 62.5 Å². The standard InChI is InChI=1S/C31H37FN4O2S/c1-21-17-36(18-22(2)34-21)19-24-7-8-29(26(13-24)20-35-9-11-39-12-10-35)25-5-4-6-28(14-25)38-31-30(23(3)37)15-27(32)16-33-31/h4-8,13-16,21-22,34H,9-12,17-20H2,1-3H3/t21-,22?/m0/s1. The number of rotatable bonds is 8. The molecule has 2 saturated heterocycles. The minimum absolute atomic E-state index is 0.113. The third-order valence-corrected chi connectivity index (χ3v) is 8.21. The van der Waals surface area contributed by atoms with Crippen molar-refractivity contribution in [2.75, 3.05) is 37.7 Å². The molecule has 5 rings (SSSR count). The molecule has 39 heavy (non-hydrogen) atoms. The maximum atomic E-state index is 13.7. The first-order valence-electron chi connectivity index (χ1n) is 13.7. The Bertz CT molecular complexity index is 1300. The van der Waals surface area contributed by atoms with Crippen LogP contribution in [0.1, 0.15) is 42.3 Å². The number of ether oxygens (including phenoxy) is 1. The molecule has 206 valence electrons. The first-order chi connectivity index (χ1) is 18.8. The second-order valence-corrected chi connectivity index (χ2v) is 12.0. The number of thioether (sulfide) groups is 1. The largest absolute Gasteiger partial charge is 0.438 e. The van der Waals surface area contributed by atoms with Crippen molar-refractivity contribution in [2.24, 2.45) is 0 Å². The van der Waals surface area contributed by atoms with Crippen molar-refractivity contribution in [1.82, 2.24) is 20.1 Å². The highest BCUT2D eigenvalue weighted by molar-refractivity contribution is 7.99. The first-order valence-corrected chi connectivity index (χ1v) is 14.8. The number of halogens is 1. The summed E-state index contributed by atoms with van der Waals surface area (Å²) in [6, 6.07) is 16.8. The third kappa shape index (κ3) is 7.25. The number of aromatic nitrogens is 1. The van der Waals surface area contributed by atoms with E-state index in [1.54, 1.807) is 0 Å². The molecule has 0 spiro atoms. The normalized spacial score (nSPS) is 20.6. The number of benzene rings is 2. The zero-order chi connectivity index (χ0) is 27.4. The molecule has 3 heterocycles. The van der Waals surface area contributed by atoms with Crippen LogP contribution in [0.15, 0.2) is 54.7 Å². The van der Waals surface area contributed by atoms with Crippen molar-refractivity contribution in [3.8, 4) is 22.8 Å². The van der Waals surface area contributed by atoms with E-state index in [9.17, 15) is 9.18 Å². The minimum Gasteiger partial charge on any atom is -0.438 e. The molecule has 3 aromatic rings. The number of nitrogens with zero attached hydrogens (tertiary/aromatic N) is 3. The highest BCUT2D eigenvalue weighted by atomic mass is 32.2. The molecule has 0 amide bonds. The predicted molar refractivity (Wildman–Crippen MR) is 156 cm³/mol. The van der Waals surface area contributed by atoms with E-state index in [2.05, 4.69) is 58.2 Å². The van der Waals surface area contributed by atoms with Crippen LogP contribution in [0.5, 0.6) is 11.6 Å². The van der Waals surface area contributed by atoms with Gasteiger partial charge < -0.3 is 10.1 Å². The fourth-order valence-corrected chi connectivity index (χ4v) is 6.56. The van der Waals surface area contributed by atoms with Crippen LogP contribution >= 0.6 is 11.8 Å². The van der Waals surface area contributed by atoms with E-state index < -0.39 is 5.82 Å². The SMILES string of the molecule is CC(=O)c1cc(F)cnc1Oc1cccc(-c2ccc(CN3CC(C)N[C@@H](C)C3)cc2CN2CCSCC2)c1. The molecule has 0 aliphatic carbocycles. The Labute approximate surface area is 234 Å². The minimum atomic E-state index is -0.563. The van der Waals surface area contributed by atoms with Crippen LogP contribution in [0.25, 0.3) is 11.1 Å². The molecule has 2 aliphatic heterocycles. The van der Waals surface area contributed by atoms with Gasteiger partial charge in [0, 0.05) is 62.9 Å². The van der Waals surface area contributed by atoms with Crippen LogP contribution in [0, 0.1) is 5.82 Å². The van der Waals surface area contributed by atoms with Crippen molar-refractivity contribution in [1.29, 1.82) is 0 Å². The predicted octanol–water partition coefficient (Wildman–Crippen LogP) is 5.61. The molecule has 2 atom stereocenters. The molecule has 2 aromatic carbocycles. The van der Waals surface area contributed by atoms with Crippen molar-refractivity contribution in [2.45, 2.75) is 45.9 Å². The van der Waals surface area contributed by atoms with Crippen LogP contribution in [-0.2, 0) is 13.1 Å². The van der Waals surface area contributed by atoms with Gasteiger partial charge in [0.2, 0.25) is 5.88 Å². The summed E-state index contributed by atoms with van der Waals surface area (Å²) < 4.78 is 19.7. The molecule has 8 heteroatoms. The van der Waals surface area contributed by atoms with Gasteiger partial charge in [0.25, 0.3) is 0 Å². The Balaban J connectivity index is 1.43. The van der Waals surface area contributed by atoms with Gasteiger partial charge in [0.05, 0.1) is 11.8 Å². The lowest BCUT2D eigenvalue weighted by molar-refractivity contribution is 0.101. The zero-order valence-electron chi connectivity index (χ0n) is 23.0. The highest BCUT2D eigenvalue weighted by Gasteiger charge is 2.22. The van der Waals surface area contributed by atoms with Gasteiger partial charge in [-0.3, -0.25) is 14.6 Å². The van der Waals surface area contributed by atoms with E-state index in [4.69, 9.17) is 4.74 Å². The second-order valence-electron chi connectivity index (χ2n) is 10.7. The number of ketones is 1. The van der Waals surface area contributed by atoms with E-state index >= 15 is 0 Å².